The van der Waals surface area contributed by atoms with Gasteiger partial charge in [-0.15, -0.1) is 0 Å². The van der Waals surface area contributed by atoms with Crippen molar-refractivity contribution in [2.45, 2.75) is 13.8 Å². The number of nitrogens with one attached hydrogen (secondary N) is 1. The summed E-state index contributed by atoms with van der Waals surface area (Å²) in [6.07, 6.45) is 0. The van der Waals surface area contributed by atoms with E-state index in [0.717, 1.165) is 22.6 Å². The summed E-state index contributed by atoms with van der Waals surface area (Å²) < 4.78 is 5.24. The van der Waals surface area contributed by atoms with Crippen LogP contribution in [-0.2, 0) is 0 Å². The number of hydrogen-bond acceptors (Lipinski definition) is 2. The first-order valence-electron chi connectivity index (χ1n) is 6.13. The van der Waals surface area contributed by atoms with Crippen molar-refractivity contribution >= 4 is 11.6 Å². The maximum Gasteiger partial charge on any atom is 0.255 e. The lowest BCUT2D eigenvalue weighted by atomic mass is 10.1. The average molecular weight is 255 g/mol. The lowest BCUT2D eigenvalue weighted by molar-refractivity contribution is 0.102. The highest BCUT2D eigenvalue weighted by Gasteiger charge is 2.07. The van der Waals surface area contributed by atoms with Gasteiger partial charge in [0.05, 0.1) is 7.11 Å². The standard InChI is InChI=1S/C16H17NO2/c1-11-5-4-6-13(9-11)16(18)17-14-8-7-12(2)15(10-14)19-3/h4-10H,1-3H3,(H,17,18). The summed E-state index contributed by atoms with van der Waals surface area (Å²) in [7, 11) is 1.62. The molecule has 0 aromatic heterocycles. The van der Waals surface area contributed by atoms with E-state index in [2.05, 4.69) is 5.32 Å². The normalized spacial score (nSPS) is 10.1. The predicted octanol–water partition coefficient (Wildman–Crippen LogP) is 3.56. The Hall–Kier alpha value is -2.29. The second kappa shape index (κ2) is 5.57. The minimum absolute atomic E-state index is 0.116. The fraction of sp³-hybridized carbons (Fsp3) is 0.188. The van der Waals surface area contributed by atoms with Crippen molar-refractivity contribution in [3.63, 3.8) is 0 Å². The minimum Gasteiger partial charge on any atom is -0.496 e. The Morgan fingerprint density at radius 1 is 1.11 bits per heavy atom. The molecule has 0 radical (unpaired) electrons. The molecule has 0 fully saturated rings. The zero-order valence-corrected chi connectivity index (χ0v) is 11.4. The number of carbonyl (C=O) groups is 1. The third-order valence-corrected chi connectivity index (χ3v) is 2.95. The fourth-order valence-corrected chi connectivity index (χ4v) is 1.89. The number of amides is 1. The van der Waals surface area contributed by atoms with E-state index in [-0.39, 0.29) is 5.91 Å². The van der Waals surface area contributed by atoms with Crippen LogP contribution in [-0.4, -0.2) is 13.0 Å². The number of rotatable bonds is 3. The first-order valence-corrected chi connectivity index (χ1v) is 6.13. The minimum atomic E-state index is -0.116. The van der Waals surface area contributed by atoms with E-state index in [1.807, 2.05) is 50.2 Å². The van der Waals surface area contributed by atoms with Gasteiger partial charge in [0.25, 0.3) is 5.91 Å². The Morgan fingerprint density at radius 2 is 1.89 bits per heavy atom. The van der Waals surface area contributed by atoms with Gasteiger partial charge in [0.15, 0.2) is 0 Å². The molecule has 3 nitrogen and oxygen atoms in total. The second-order valence-electron chi connectivity index (χ2n) is 4.51. The van der Waals surface area contributed by atoms with Crippen molar-refractivity contribution in [2.24, 2.45) is 0 Å². The van der Waals surface area contributed by atoms with Crippen LogP contribution in [0.25, 0.3) is 0 Å². The van der Waals surface area contributed by atoms with Crippen LogP contribution >= 0.6 is 0 Å². The molecular formula is C16H17NO2. The lowest BCUT2D eigenvalue weighted by Crippen LogP contribution is -2.12. The summed E-state index contributed by atoms with van der Waals surface area (Å²) in [5, 5.41) is 2.87. The maximum atomic E-state index is 12.1. The molecule has 0 saturated carbocycles. The van der Waals surface area contributed by atoms with Crippen molar-refractivity contribution < 1.29 is 9.53 Å². The first-order chi connectivity index (χ1) is 9.10. The van der Waals surface area contributed by atoms with E-state index in [1.165, 1.54) is 0 Å². The molecule has 2 aromatic carbocycles. The van der Waals surface area contributed by atoms with E-state index < -0.39 is 0 Å². The molecule has 0 saturated heterocycles. The fourth-order valence-electron chi connectivity index (χ4n) is 1.89. The van der Waals surface area contributed by atoms with E-state index in [0.29, 0.717) is 5.56 Å². The lowest BCUT2D eigenvalue weighted by Gasteiger charge is -2.09. The van der Waals surface area contributed by atoms with Crippen LogP contribution in [0.3, 0.4) is 0 Å². The van der Waals surface area contributed by atoms with E-state index in [4.69, 9.17) is 4.74 Å². The quantitative estimate of drug-likeness (QED) is 0.910. The molecule has 19 heavy (non-hydrogen) atoms. The van der Waals surface area contributed by atoms with Gasteiger partial charge in [0, 0.05) is 17.3 Å². The largest absolute Gasteiger partial charge is 0.496 e. The average Bonchev–Trinajstić information content (AvgIpc) is 2.41. The molecule has 0 heterocycles. The molecule has 98 valence electrons. The Kier molecular flexibility index (Phi) is 3.85. The number of benzene rings is 2. The van der Waals surface area contributed by atoms with Crippen LogP contribution in [0.4, 0.5) is 5.69 Å². The summed E-state index contributed by atoms with van der Waals surface area (Å²) in [5.41, 5.74) is 3.48. The van der Waals surface area contributed by atoms with E-state index in [1.54, 1.807) is 13.2 Å². The van der Waals surface area contributed by atoms with Gasteiger partial charge in [-0.3, -0.25) is 4.79 Å². The molecule has 2 aromatic rings. The topological polar surface area (TPSA) is 38.3 Å². The van der Waals surface area contributed by atoms with Gasteiger partial charge in [-0.1, -0.05) is 23.8 Å². The molecule has 0 unspecified atom stereocenters. The van der Waals surface area contributed by atoms with Gasteiger partial charge < -0.3 is 10.1 Å². The molecule has 0 aliphatic rings. The van der Waals surface area contributed by atoms with Crippen LogP contribution in [0, 0.1) is 13.8 Å². The Labute approximate surface area is 113 Å². The van der Waals surface area contributed by atoms with E-state index >= 15 is 0 Å². The van der Waals surface area contributed by atoms with Crippen molar-refractivity contribution in [3.05, 3.63) is 59.2 Å². The summed E-state index contributed by atoms with van der Waals surface area (Å²) in [6.45, 7) is 3.93. The van der Waals surface area contributed by atoms with Gasteiger partial charge in [-0.05, 0) is 37.6 Å². The molecule has 0 bridgehead atoms. The van der Waals surface area contributed by atoms with Gasteiger partial charge in [-0.2, -0.15) is 0 Å². The van der Waals surface area contributed by atoms with Gasteiger partial charge >= 0.3 is 0 Å². The van der Waals surface area contributed by atoms with Crippen LogP contribution < -0.4 is 10.1 Å². The number of hydrogen-bond donors (Lipinski definition) is 1. The summed E-state index contributed by atoms with van der Waals surface area (Å²) in [5.74, 6) is 0.650. The smallest absolute Gasteiger partial charge is 0.255 e. The van der Waals surface area contributed by atoms with Crippen LogP contribution in [0.1, 0.15) is 21.5 Å². The van der Waals surface area contributed by atoms with Crippen molar-refractivity contribution in [1.82, 2.24) is 0 Å². The highest BCUT2D eigenvalue weighted by Crippen LogP contribution is 2.22. The molecule has 0 atom stereocenters. The van der Waals surface area contributed by atoms with Gasteiger partial charge in [0.1, 0.15) is 5.75 Å². The number of aryl methyl sites for hydroxylation is 2. The molecular weight excluding hydrogens is 238 g/mol. The third kappa shape index (κ3) is 3.13. The zero-order valence-electron chi connectivity index (χ0n) is 11.4. The summed E-state index contributed by atoms with van der Waals surface area (Å²) >= 11 is 0. The molecule has 3 heteroatoms. The SMILES string of the molecule is COc1cc(NC(=O)c2cccc(C)c2)ccc1C. The molecule has 1 N–H and O–H groups in total. The Bertz CT molecular complexity index is 605. The predicted molar refractivity (Wildman–Crippen MR) is 76.9 cm³/mol. The number of methoxy groups -OCH3 is 1. The maximum absolute atomic E-state index is 12.1. The van der Waals surface area contributed by atoms with Gasteiger partial charge in [0.2, 0.25) is 0 Å². The van der Waals surface area contributed by atoms with Crippen molar-refractivity contribution in [3.8, 4) is 5.75 Å². The number of carbonyl (C=O) groups excluding carboxylic acids is 1. The molecule has 0 aliphatic heterocycles. The number of anilines is 1. The second-order valence-corrected chi connectivity index (χ2v) is 4.51. The molecule has 0 aliphatic carbocycles. The molecule has 2 rings (SSSR count). The highest BCUT2D eigenvalue weighted by molar-refractivity contribution is 6.04. The van der Waals surface area contributed by atoms with Gasteiger partial charge in [-0.25, -0.2) is 0 Å². The summed E-state index contributed by atoms with van der Waals surface area (Å²) in [4.78, 5) is 12.1. The number of ether oxygens (including phenoxy) is 1. The molecule has 1 amide bonds. The Morgan fingerprint density at radius 3 is 2.58 bits per heavy atom. The Balaban J connectivity index is 2.19. The third-order valence-electron chi connectivity index (χ3n) is 2.95. The van der Waals surface area contributed by atoms with Crippen molar-refractivity contribution in [1.29, 1.82) is 0 Å². The van der Waals surface area contributed by atoms with Crippen LogP contribution in [0.5, 0.6) is 5.75 Å². The van der Waals surface area contributed by atoms with E-state index in [9.17, 15) is 4.79 Å². The van der Waals surface area contributed by atoms with Crippen LogP contribution in [0.15, 0.2) is 42.5 Å². The van der Waals surface area contributed by atoms with Crippen LogP contribution in [0.2, 0.25) is 0 Å². The summed E-state index contributed by atoms with van der Waals surface area (Å²) in [6, 6.07) is 13.1. The van der Waals surface area contributed by atoms with Crippen molar-refractivity contribution in [2.75, 3.05) is 12.4 Å². The monoisotopic (exact) mass is 255 g/mol. The zero-order chi connectivity index (χ0) is 13.8. The molecule has 0 spiro atoms. The first kappa shape index (κ1) is 13.1. The highest BCUT2D eigenvalue weighted by atomic mass is 16.5.